The van der Waals surface area contributed by atoms with E-state index >= 15 is 0 Å². The second-order valence-electron chi connectivity index (χ2n) is 7.07. The van der Waals surface area contributed by atoms with Crippen molar-refractivity contribution in [2.24, 2.45) is 0 Å². The van der Waals surface area contributed by atoms with Gasteiger partial charge >= 0.3 is 0 Å². The number of likely N-dealkylation sites (N-methyl/N-ethyl adjacent to an activating group) is 1. The van der Waals surface area contributed by atoms with Crippen molar-refractivity contribution in [3.8, 4) is 11.5 Å². The molecule has 31 heavy (non-hydrogen) atoms. The van der Waals surface area contributed by atoms with Crippen LogP contribution < -0.4 is 14.8 Å². The molecule has 7 heteroatoms. The van der Waals surface area contributed by atoms with E-state index in [1.165, 1.54) is 11.3 Å². The monoisotopic (exact) mass is 438 g/mol. The van der Waals surface area contributed by atoms with Crippen molar-refractivity contribution in [1.29, 1.82) is 0 Å². The van der Waals surface area contributed by atoms with Crippen LogP contribution in [0.5, 0.6) is 11.5 Å². The molecule has 0 aliphatic rings. The number of nitrogens with zero attached hydrogens (tertiary/aromatic N) is 1. The first-order valence-corrected chi connectivity index (χ1v) is 10.7. The molecule has 3 aromatic rings. The minimum atomic E-state index is -0.689. The van der Waals surface area contributed by atoms with Crippen molar-refractivity contribution in [2.75, 3.05) is 21.3 Å². The lowest BCUT2D eigenvalue weighted by Crippen LogP contribution is -2.48. The Morgan fingerprint density at radius 3 is 2.45 bits per heavy atom. The van der Waals surface area contributed by atoms with E-state index in [9.17, 15) is 9.59 Å². The molecule has 1 unspecified atom stereocenters. The number of carbonyl (C=O) groups excluding carboxylic acids is 2. The Morgan fingerprint density at radius 1 is 1.03 bits per heavy atom. The Hall–Kier alpha value is -3.32. The van der Waals surface area contributed by atoms with Crippen molar-refractivity contribution in [3.05, 3.63) is 82.0 Å². The summed E-state index contributed by atoms with van der Waals surface area (Å²) >= 11 is 1.35. The predicted molar refractivity (Wildman–Crippen MR) is 122 cm³/mol. The van der Waals surface area contributed by atoms with E-state index in [4.69, 9.17) is 9.47 Å². The first-order chi connectivity index (χ1) is 15.0. The number of hydrogen-bond donors (Lipinski definition) is 1. The maximum atomic E-state index is 13.3. The number of methoxy groups -OCH3 is 2. The van der Waals surface area contributed by atoms with Crippen LogP contribution in [-0.2, 0) is 17.8 Å². The number of amides is 2. The maximum absolute atomic E-state index is 13.3. The zero-order valence-electron chi connectivity index (χ0n) is 17.8. The van der Waals surface area contributed by atoms with Crippen molar-refractivity contribution < 1.29 is 19.1 Å². The summed E-state index contributed by atoms with van der Waals surface area (Å²) in [6, 6.07) is 18.0. The van der Waals surface area contributed by atoms with Gasteiger partial charge in [-0.25, -0.2) is 0 Å². The van der Waals surface area contributed by atoms with E-state index in [2.05, 4.69) is 5.32 Å². The molecule has 0 aliphatic carbocycles. The highest BCUT2D eigenvalue weighted by molar-refractivity contribution is 7.12. The van der Waals surface area contributed by atoms with Crippen LogP contribution in [0.1, 0.15) is 20.8 Å². The molecule has 2 amide bonds. The van der Waals surface area contributed by atoms with Crippen LogP contribution in [0.2, 0.25) is 0 Å². The third kappa shape index (κ3) is 5.86. The van der Waals surface area contributed by atoms with Gasteiger partial charge in [-0.15, -0.1) is 11.3 Å². The Kier molecular flexibility index (Phi) is 7.67. The van der Waals surface area contributed by atoms with E-state index in [0.29, 0.717) is 29.3 Å². The van der Waals surface area contributed by atoms with Crippen molar-refractivity contribution >= 4 is 23.2 Å². The number of rotatable bonds is 9. The normalized spacial score (nSPS) is 11.5. The van der Waals surface area contributed by atoms with Gasteiger partial charge in [0.05, 0.1) is 19.1 Å². The summed E-state index contributed by atoms with van der Waals surface area (Å²) in [5.41, 5.74) is 1.82. The number of benzene rings is 2. The highest BCUT2D eigenvalue weighted by atomic mass is 32.1. The van der Waals surface area contributed by atoms with Gasteiger partial charge in [0.15, 0.2) is 0 Å². The summed E-state index contributed by atoms with van der Waals surface area (Å²) in [6.07, 6.45) is 0.404. The predicted octanol–water partition coefficient (Wildman–Crippen LogP) is 3.77. The molecule has 6 nitrogen and oxygen atoms in total. The number of thiophene rings is 1. The zero-order valence-corrected chi connectivity index (χ0v) is 18.6. The number of hydrogen-bond acceptors (Lipinski definition) is 5. The SMILES string of the molecule is COc1ccc(CN(C)C(=O)C(Cc2ccccc2)NC(=O)c2cccs2)c(OC)c1. The lowest BCUT2D eigenvalue weighted by atomic mass is 10.0. The first-order valence-electron chi connectivity index (χ1n) is 9.86. The van der Waals surface area contributed by atoms with Gasteiger partial charge in [-0.2, -0.15) is 0 Å². The smallest absolute Gasteiger partial charge is 0.262 e. The molecule has 2 aromatic carbocycles. The highest BCUT2D eigenvalue weighted by Gasteiger charge is 2.26. The van der Waals surface area contributed by atoms with Gasteiger partial charge < -0.3 is 19.7 Å². The Labute approximate surface area is 186 Å². The third-order valence-electron chi connectivity index (χ3n) is 4.91. The molecule has 1 atom stereocenters. The summed E-state index contributed by atoms with van der Waals surface area (Å²) < 4.78 is 10.7. The van der Waals surface area contributed by atoms with Crippen LogP contribution in [-0.4, -0.2) is 44.0 Å². The molecule has 0 bridgehead atoms. The summed E-state index contributed by atoms with van der Waals surface area (Å²) in [6.45, 7) is 0.339. The van der Waals surface area contributed by atoms with Crippen LogP contribution in [0, 0.1) is 0 Å². The quantitative estimate of drug-likeness (QED) is 0.552. The molecule has 0 fully saturated rings. The molecule has 0 spiro atoms. The van der Waals surface area contributed by atoms with E-state index < -0.39 is 6.04 Å². The van der Waals surface area contributed by atoms with Gasteiger partial charge in [-0.3, -0.25) is 9.59 Å². The molecule has 0 radical (unpaired) electrons. The van der Waals surface area contributed by atoms with Gasteiger partial charge in [0.2, 0.25) is 5.91 Å². The van der Waals surface area contributed by atoms with Crippen molar-refractivity contribution in [3.63, 3.8) is 0 Å². The van der Waals surface area contributed by atoms with E-state index in [0.717, 1.165) is 11.1 Å². The van der Waals surface area contributed by atoms with Gasteiger partial charge in [-0.1, -0.05) is 36.4 Å². The van der Waals surface area contributed by atoms with E-state index in [1.54, 1.807) is 38.3 Å². The van der Waals surface area contributed by atoms with E-state index in [1.807, 2.05) is 53.9 Å². The summed E-state index contributed by atoms with van der Waals surface area (Å²) in [5.74, 6) is 0.896. The van der Waals surface area contributed by atoms with Gasteiger partial charge in [0.25, 0.3) is 5.91 Å². The fraction of sp³-hybridized carbons (Fsp3) is 0.250. The zero-order chi connectivity index (χ0) is 22.2. The number of nitrogens with one attached hydrogen (secondary N) is 1. The molecule has 3 rings (SSSR count). The fourth-order valence-electron chi connectivity index (χ4n) is 3.27. The molecule has 1 N–H and O–H groups in total. The van der Waals surface area contributed by atoms with Crippen LogP contribution >= 0.6 is 11.3 Å². The minimum absolute atomic E-state index is 0.174. The third-order valence-corrected chi connectivity index (χ3v) is 5.78. The van der Waals surface area contributed by atoms with Crippen LogP contribution in [0.4, 0.5) is 0 Å². The highest BCUT2D eigenvalue weighted by Crippen LogP contribution is 2.25. The Balaban J connectivity index is 1.78. The molecular weight excluding hydrogens is 412 g/mol. The Bertz CT molecular complexity index is 1010. The number of ether oxygens (including phenoxy) is 2. The second-order valence-corrected chi connectivity index (χ2v) is 8.01. The molecular formula is C24H26N2O4S. The maximum Gasteiger partial charge on any atom is 0.262 e. The lowest BCUT2D eigenvalue weighted by molar-refractivity contribution is -0.132. The summed E-state index contributed by atoms with van der Waals surface area (Å²) in [7, 11) is 4.90. The first kappa shape index (κ1) is 22.4. The molecule has 162 valence electrons. The van der Waals surface area contributed by atoms with E-state index in [-0.39, 0.29) is 11.8 Å². The summed E-state index contributed by atoms with van der Waals surface area (Å²) in [4.78, 5) is 28.2. The topological polar surface area (TPSA) is 67.9 Å². The lowest BCUT2D eigenvalue weighted by Gasteiger charge is -2.25. The van der Waals surface area contributed by atoms with Gasteiger partial charge in [0.1, 0.15) is 17.5 Å². The van der Waals surface area contributed by atoms with Crippen LogP contribution in [0.15, 0.2) is 66.0 Å². The number of carbonyl (C=O) groups is 2. The van der Waals surface area contributed by atoms with Gasteiger partial charge in [-0.05, 0) is 29.1 Å². The van der Waals surface area contributed by atoms with Gasteiger partial charge in [0, 0.05) is 31.6 Å². The molecule has 0 saturated carbocycles. The average Bonchev–Trinajstić information content (AvgIpc) is 3.34. The average molecular weight is 439 g/mol. The second kappa shape index (κ2) is 10.6. The standard InChI is InChI=1S/C24H26N2O4S/c1-26(16-18-11-12-19(29-2)15-21(18)30-3)24(28)20(14-17-8-5-4-6-9-17)25-23(27)22-10-7-13-31-22/h4-13,15,20H,14,16H2,1-3H3,(H,25,27). The van der Waals surface area contributed by atoms with Crippen LogP contribution in [0.3, 0.4) is 0 Å². The van der Waals surface area contributed by atoms with Crippen molar-refractivity contribution in [1.82, 2.24) is 10.2 Å². The fourth-order valence-corrected chi connectivity index (χ4v) is 3.90. The Morgan fingerprint density at radius 2 is 1.81 bits per heavy atom. The summed E-state index contributed by atoms with van der Waals surface area (Å²) in [5, 5.41) is 4.75. The minimum Gasteiger partial charge on any atom is -0.497 e. The largest absolute Gasteiger partial charge is 0.497 e. The molecule has 1 heterocycles. The van der Waals surface area contributed by atoms with Crippen molar-refractivity contribution in [2.45, 2.75) is 19.0 Å². The molecule has 0 saturated heterocycles. The van der Waals surface area contributed by atoms with Crippen LogP contribution in [0.25, 0.3) is 0 Å². The molecule has 0 aliphatic heterocycles. The molecule has 1 aromatic heterocycles.